The average molecular weight is 217 g/mol. The molecule has 0 heterocycles. The number of rotatable bonds is 5. The van der Waals surface area contributed by atoms with Gasteiger partial charge in [0.1, 0.15) is 0 Å². The molecule has 0 bridgehead atoms. The van der Waals surface area contributed by atoms with Crippen LogP contribution >= 0.6 is 0 Å². The van der Waals surface area contributed by atoms with Gasteiger partial charge < -0.3 is 6.74 Å². The van der Waals surface area contributed by atoms with Crippen molar-refractivity contribution in [3.8, 4) is 0 Å². The van der Waals surface area contributed by atoms with Crippen molar-refractivity contribution >= 4 is 10.1 Å². The van der Waals surface area contributed by atoms with Crippen LogP contribution < -0.4 is 34.9 Å². The summed E-state index contributed by atoms with van der Waals surface area (Å²) in [6.07, 6.45) is 3.74. The fraction of sp³-hybridized carbons (Fsp3) is 0.714. The fourth-order valence-corrected chi connectivity index (χ4v) is 1.51. The van der Waals surface area contributed by atoms with Crippen LogP contribution in [0.2, 0.25) is 0 Å². The molecule has 4 nitrogen and oxygen atoms in total. The van der Waals surface area contributed by atoms with Gasteiger partial charge in [0.15, 0.2) is 0 Å². The Labute approximate surface area is 103 Å². The minimum Gasteiger partial charge on any atom is -1.00 e. The van der Waals surface area contributed by atoms with Crippen LogP contribution in [0.15, 0.2) is 12.2 Å². The number of hydrogen-bond donors (Lipinski definition) is 2. The molecule has 0 aliphatic rings. The van der Waals surface area contributed by atoms with Gasteiger partial charge >= 0.3 is 29.6 Å². The molecule has 0 fully saturated rings. The quantitative estimate of drug-likeness (QED) is 0.305. The number of nitrogens with one attached hydrogen (secondary N) is 1. The topological polar surface area (TPSA) is 66.4 Å². The van der Waals surface area contributed by atoms with E-state index in [0.717, 1.165) is 0 Å². The minimum atomic E-state index is -3.85. The van der Waals surface area contributed by atoms with Gasteiger partial charge in [0.2, 0.25) is 0 Å². The molecule has 6 heteroatoms. The minimum absolute atomic E-state index is 0. The molecule has 2 N–H and O–H groups in total. The predicted molar refractivity (Wildman–Crippen MR) is 49.8 cm³/mol. The Morgan fingerprint density at radius 3 is 2.54 bits per heavy atom. The molecule has 1 unspecified atom stereocenters. The first-order valence-corrected chi connectivity index (χ1v) is 5.36. The summed E-state index contributed by atoms with van der Waals surface area (Å²) in [6.45, 7) is 4.21. The Bertz CT molecular complexity index is 243. The van der Waals surface area contributed by atoms with Crippen molar-refractivity contribution in [2.24, 2.45) is 0 Å². The van der Waals surface area contributed by atoms with E-state index in [-0.39, 0.29) is 42.8 Å². The molecule has 0 aromatic carbocycles. The summed E-state index contributed by atoms with van der Waals surface area (Å²) in [5.41, 5.74) is 0. The van der Waals surface area contributed by atoms with Gasteiger partial charge in [0.05, 0.1) is 5.75 Å². The Balaban J connectivity index is -0.000000605. The molecule has 13 heavy (non-hydrogen) atoms. The van der Waals surface area contributed by atoms with E-state index in [2.05, 4.69) is 5.32 Å². The van der Waals surface area contributed by atoms with Gasteiger partial charge in [-0.3, -0.25) is 4.55 Å². The zero-order valence-corrected chi connectivity index (χ0v) is 11.1. The molecule has 0 radical (unpaired) electrons. The smallest absolute Gasteiger partial charge is 1.00 e. The Morgan fingerprint density at radius 1 is 1.62 bits per heavy atom. The van der Waals surface area contributed by atoms with Crippen molar-refractivity contribution < 1.29 is 44.0 Å². The van der Waals surface area contributed by atoms with Crippen LogP contribution in [-0.4, -0.2) is 31.3 Å². The van der Waals surface area contributed by atoms with Gasteiger partial charge in [-0.1, -0.05) is 12.2 Å². The van der Waals surface area contributed by atoms with Gasteiger partial charge in [-0.25, -0.2) is 0 Å². The third kappa shape index (κ3) is 12.6. The molecular formula is C7H16NNaO3S. The first-order chi connectivity index (χ1) is 5.45. The molecular weight excluding hydrogens is 201 g/mol. The first-order valence-electron chi connectivity index (χ1n) is 3.75. The Morgan fingerprint density at radius 2 is 2.15 bits per heavy atom. The first kappa shape index (κ1) is 16.1. The second kappa shape index (κ2) is 7.96. The van der Waals surface area contributed by atoms with Crippen LogP contribution in [0.25, 0.3) is 0 Å². The van der Waals surface area contributed by atoms with Crippen LogP contribution in [-0.2, 0) is 10.1 Å². The molecule has 0 aromatic heterocycles. The summed E-state index contributed by atoms with van der Waals surface area (Å²) in [4.78, 5) is 0. The molecule has 0 aromatic rings. The van der Waals surface area contributed by atoms with Gasteiger partial charge in [0, 0.05) is 12.6 Å². The van der Waals surface area contributed by atoms with Gasteiger partial charge in [-0.2, -0.15) is 8.42 Å². The van der Waals surface area contributed by atoms with E-state index < -0.39 is 10.1 Å². The second-order valence-electron chi connectivity index (χ2n) is 2.63. The molecule has 0 aliphatic carbocycles. The summed E-state index contributed by atoms with van der Waals surface area (Å²) in [7, 11) is -3.85. The number of allylic oxidation sites excluding steroid dienone is 1. The van der Waals surface area contributed by atoms with Crippen LogP contribution in [0, 0.1) is 0 Å². The summed E-state index contributed by atoms with van der Waals surface area (Å²) < 4.78 is 29.2. The standard InChI is InChI=1S/C7H15NO3S.Na.H/c1-3-4-5-8-7(2)6-12(9,10)11;;/h3-4,7-8H,5-6H2,1-2H3,(H,9,10,11);;/q;+1;-1/b4-3+;;. The van der Waals surface area contributed by atoms with Gasteiger partial charge in [-0.15, -0.1) is 0 Å². The van der Waals surface area contributed by atoms with E-state index >= 15 is 0 Å². The summed E-state index contributed by atoms with van der Waals surface area (Å²) >= 11 is 0. The van der Waals surface area contributed by atoms with E-state index in [1.165, 1.54) is 0 Å². The molecule has 0 amide bonds. The third-order valence-corrected chi connectivity index (χ3v) is 2.20. The summed E-state index contributed by atoms with van der Waals surface area (Å²) in [5, 5.41) is 2.91. The van der Waals surface area contributed by atoms with Crippen LogP contribution in [0.4, 0.5) is 0 Å². The van der Waals surface area contributed by atoms with Crippen molar-refractivity contribution in [2.75, 3.05) is 12.3 Å². The maximum atomic E-state index is 10.4. The maximum Gasteiger partial charge on any atom is 1.00 e. The summed E-state index contributed by atoms with van der Waals surface area (Å²) in [5.74, 6) is -0.245. The van der Waals surface area contributed by atoms with Crippen LogP contribution in [0.3, 0.4) is 0 Å². The molecule has 0 saturated carbocycles. The zero-order valence-electron chi connectivity index (χ0n) is 9.32. The molecule has 74 valence electrons. The Kier molecular flexibility index (Phi) is 9.83. The monoisotopic (exact) mass is 217 g/mol. The molecule has 1 atom stereocenters. The Hall–Kier alpha value is 0.610. The molecule has 0 spiro atoms. The van der Waals surface area contributed by atoms with E-state index in [0.29, 0.717) is 6.54 Å². The maximum absolute atomic E-state index is 10.4. The molecule has 0 saturated heterocycles. The molecule has 0 rings (SSSR count). The van der Waals surface area contributed by atoms with E-state index in [1.54, 1.807) is 6.92 Å². The second-order valence-corrected chi connectivity index (χ2v) is 4.12. The van der Waals surface area contributed by atoms with E-state index in [1.807, 2.05) is 19.1 Å². The largest absolute Gasteiger partial charge is 1.00 e. The van der Waals surface area contributed by atoms with Crippen molar-refractivity contribution in [3.05, 3.63) is 12.2 Å². The third-order valence-electron chi connectivity index (χ3n) is 1.28. The zero-order chi connectivity index (χ0) is 9.61. The van der Waals surface area contributed by atoms with E-state index in [9.17, 15) is 8.42 Å². The van der Waals surface area contributed by atoms with E-state index in [4.69, 9.17) is 4.55 Å². The van der Waals surface area contributed by atoms with Crippen molar-refractivity contribution in [3.63, 3.8) is 0 Å². The predicted octanol–water partition coefficient (Wildman–Crippen LogP) is -2.46. The SMILES string of the molecule is C/C=C/CNC(C)CS(=O)(=O)O.[H-].[Na+]. The van der Waals surface area contributed by atoms with Crippen LogP contribution in [0.1, 0.15) is 15.3 Å². The van der Waals surface area contributed by atoms with Crippen LogP contribution in [0.5, 0.6) is 0 Å². The van der Waals surface area contributed by atoms with Gasteiger partial charge in [0.25, 0.3) is 10.1 Å². The summed E-state index contributed by atoms with van der Waals surface area (Å²) in [6, 6.07) is -0.226. The molecule has 0 aliphatic heterocycles. The van der Waals surface area contributed by atoms with Crippen molar-refractivity contribution in [2.45, 2.75) is 19.9 Å². The average Bonchev–Trinajstić information content (AvgIpc) is 1.84. The van der Waals surface area contributed by atoms with Gasteiger partial charge in [-0.05, 0) is 13.8 Å². The van der Waals surface area contributed by atoms with Crippen molar-refractivity contribution in [1.29, 1.82) is 0 Å². The number of hydrogen-bond acceptors (Lipinski definition) is 3. The normalized spacial score (nSPS) is 14.1. The van der Waals surface area contributed by atoms with Crippen molar-refractivity contribution in [1.82, 2.24) is 5.32 Å². The fourth-order valence-electron chi connectivity index (χ4n) is 0.762.